The van der Waals surface area contributed by atoms with Gasteiger partial charge in [0, 0.05) is 10.5 Å². The zero-order chi connectivity index (χ0) is 14.9. The van der Waals surface area contributed by atoms with Crippen LogP contribution in [0.2, 0.25) is 0 Å². The summed E-state index contributed by atoms with van der Waals surface area (Å²) in [6.45, 7) is 6.83. The molecule has 1 aliphatic carbocycles. The van der Waals surface area contributed by atoms with Gasteiger partial charge in [0.15, 0.2) is 0 Å². The number of halogens is 2. The number of hydrogen-bond donors (Lipinski definition) is 1. The molecule has 20 heavy (non-hydrogen) atoms. The highest BCUT2D eigenvalue weighted by Gasteiger charge is 2.35. The minimum absolute atomic E-state index is 0.0579. The molecule has 1 aliphatic rings. The average Bonchev–Trinajstić information content (AvgIpc) is 2.69. The largest absolute Gasteiger partial charge is 0.348 e. The lowest BCUT2D eigenvalue weighted by Crippen LogP contribution is -2.46. The molecule has 2 rings (SSSR count). The number of hydrogen-bond acceptors (Lipinski definition) is 2. The Balaban J connectivity index is 2.09. The van der Waals surface area contributed by atoms with Crippen molar-refractivity contribution in [2.45, 2.75) is 52.5 Å². The molecule has 5 heteroatoms. The van der Waals surface area contributed by atoms with E-state index in [4.69, 9.17) is 0 Å². The molecule has 0 saturated heterocycles. The Morgan fingerprint density at radius 3 is 2.50 bits per heavy atom. The van der Waals surface area contributed by atoms with Gasteiger partial charge in [-0.2, -0.15) is 0 Å². The lowest BCUT2D eigenvalue weighted by atomic mass is 9.69. The van der Waals surface area contributed by atoms with Gasteiger partial charge in [-0.05, 0) is 62.1 Å². The molecule has 1 fully saturated rings. The Morgan fingerprint density at radius 1 is 1.30 bits per heavy atom. The van der Waals surface area contributed by atoms with E-state index in [2.05, 4.69) is 57.9 Å². The number of thiophene rings is 1. The highest BCUT2D eigenvalue weighted by molar-refractivity contribution is 9.13. The van der Waals surface area contributed by atoms with Crippen LogP contribution in [0.5, 0.6) is 0 Å². The first kappa shape index (κ1) is 16.5. The van der Waals surface area contributed by atoms with Gasteiger partial charge in [0.05, 0.1) is 8.66 Å². The first-order valence-corrected chi connectivity index (χ1v) is 9.45. The van der Waals surface area contributed by atoms with E-state index in [9.17, 15) is 4.79 Å². The summed E-state index contributed by atoms with van der Waals surface area (Å²) in [5, 5.41) is 3.26. The van der Waals surface area contributed by atoms with Gasteiger partial charge in [0.25, 0.3) is 5.91 Å². The number of carbonyl (C=O) groups is 1. The molecule has 2 atom stereocenters. The second-order valence-electron chi connectivity index (χ2n) is 6.57. The molecular weight excluding hydrogens is 402 g/mol. The molecule has 1 saturated carbocycles. The molecule has 1 N–H and O–H groups in total. The second kappa shape index (κ2) is 6.49. The van der Waals surface area contributed by atoms with E-state index in [1.54, 1.807) is 0 Å². The molecule has 1 heterocycles. The standard InChI is InChI=1S/C15H21Br2NOS/c1-15(2,3)9-6-4-5-7-11(9)18-14(19)12-8-10(16)13(17)20-12/h8-9,11H,4-7H2,1-3H3,(H,18,19). The van der Waals surface area contributed by atoms with Gasteiger partial charge in [-0.3, -0.25) is 4.79 Å². The van der Waals surface area contributed by atoms with Gasteiger partial charge in [-0.1, -0.05) is 33.6 Å². The first-order chi connectivity index (χ1) is 9.29. The van der Waals surface area contributed by atoms with Gasteiger partial charge in [-0.15, -0.1) is 11.3 Å². The van der Waals surface area contributed by atoms with Crippen LogP contribution in [0.15, 0.2) is 14.3 Å². The Hall–Kier alpha value is 0.130. The van der Waals surface area contributed by atoms with Gasteiger partial charge in [0.1, 0.15) is 0 Å². The number of amides is 1. The molecule has 0 spiro atoms. The van der Waals surface area contributed by atoms with E-state index in [0.29, 0.717) is 12.0 Å². The van der Waals surface area contributed by atoms with Gasteiger partial charge < -0.3 is 5.32 Å². The van der Waals surface area contributed by atoms with E-state index < -0.39 is 0 Å². The molecule has 1 amide bonds. The fourth-order valence-electron chi connectivity index (χ4n) is 3.04. The quantitative estimate of drug-likeness (QED) is 0.659. The minimum atomic E-state index is 0.0579. The molecular formula is C15H21Br2NOS. The van der Waals surface area contributed by atoms with E-state index in [1.165, 1.54) is 30.6 Å². The van der Waals surface area contributed by atoms with E-state index in [-0.39, 0.29) is 11.3 Å². The van der Waals surface area contributed by atoms with Crippen LogP contribution in [0.3, 0.4) is 0 Å². The van der Waals surface area contributed by atoms with Crippen molar-refractivity contribution in [3.63, 3.8) is 0 Å². The van der Waals surface area contributed by atoms with Crippen molar-refractivity contribution < 1.29 is 4.79 Å². The van der Waals surface area contributed by atoms with Crippen molar-refractivity contribution in [2.75, 3.05) is 0 Å². The monoisotopic (exact) mass is 421 g/mol. The maximum absolute atomic E-state index is 12.4. The Labute approximate surface area is 142 Å². The average molecular weight is 423 g/mol. The van der Waals surface area contributed by atoms with Gasteiger partial charge >= 0.3 is 0 Å². The maximum Gasteiger partial charge on any atom is 0.261 e. The van der Waals surface area contributed by atoms with Crippen molar-refractivity contribution in [1.29, 1.82) is 0 Å². The van der Waals surface area contributed by atoms with Crippen LogP contribution in [0.25, 0.3) is 0 Å². The molecule has 1 aromatic heterocycles. The lowest BCUT2D eigenvalue weighted by Gasteiger charge is -2.40. The third-order valence-corrected chi connectivity index (χ3v) is 7.32. The van der Waals surface area contributed by atoms with Crippen molar-refractivity contribution >= 4 is 49.1 Å². The van der Waals surface area contributed by atoms with Gasteiger partial charge in [-0.25, -0.2) is 0 Å². The van der Waals surface area contributed by atoms with Crippen molar-refractivity contribution in [1.82, 2.24) is 5.32 Å². The van der Waals surface area contributed by atoms with Crippen LogP contribution in [0.4, 0.5) is 0 Å². The molecule has 0 bridgehead atoms. The predicted molar refractivity (Wildman–Crippen MR) is 92.4 cm³/mol. The van der Waals surface area contributed by atoms with Crippen molar-refractivity contribution in [3.05, 3.63) is 19.2 Å². The highest BCUT2D eigenvalue weighted by Crippen LogP contribution is 2.38. The third kappa shape index (κ3) is 3.86. The normalized spacial score (nSPS) is 23.6. The van der Waals surface area contributed by atoms with Crippen LogP contribution in [0.1, 0.15) is 56.1 Å². The van der Waals surface area contributed by atoms with Crippen LogP contribution in [0, 0.1) is 11.3 Å². The summed E-state index contributed by atoms with van der Waals surface area (Å²) < 4.78 is 1.92. The summed E-state index contributed by atoms with van der Waals surface area (Å²) in [7, 11) is 0. The smallest absolute Gasteiger partial charge is 0.261 e. The lowest BCUT2D eigenvalue weighted by molar-refractivity contribution is 0.0834. The van der Waals surface area contributed by atoms with Crippen LogP contribution >= 0.6 is 43.2 Å². The highest BCUT2D eigenvalue weighted by atomic mass is 79.9. The predicted octanol–water partition coefficient (Wildman–Crippen LogP) is 5.61. The molecule has 0 aliphatic heterocycles. The number of rotatable bonds is 2. The minimum Gasteiger partial charge on any atom is -0.348 e. The van der Waals surface area contributed by atoms with Gasteiger partial charge in [0.2, 0.25) is 0 Å². The first-order valence-electron chi connectivity index (χ1n) is 7.04. The van der Waals surface area contributed by atoms with E-state index >= 15 is 0 Å². The fourth-order valence-corrected chi connectivity index (χ4v) is 4.98. The summed E-state index contributed by atoms with van der Waals surface area (Å²) in [4.78, 5) is 13.2. The number of nitrogens with one attached hydrogen (secondary N) is 1. The van der Waals surface area contributed by atoms with Crippen LogP contribution in [-0.4, -0.2) is 11.9 Å². The van der Waals surface area contributed by atoms with Crippen molar-refractivity contribution in [2.24, 2.45) is 11.3 Å². The van der Waals surface area contributed by atoms with Crippen LogP contribution in [-0.2, 0) is 0 Å². The molecule has 0 aromatic carbocycles. The summed E-state index contributed by atoms with van der Waals surface area (Å²) in [5.41, 5.74) is 0.245. The van der Waals surface area contributed by atoms with E-state index in [0.717, 1.165) is 19.6 Å². The summed E-state index contributed by atoms with van der Waals surface area (Å²) in [6, 6.07) is 2.19. The third-order valence-electron chi connectivity index (χ3n) is 4.06. The molecule has 2 nitrogen and oxygen atoms in total. The van der Waals surface area contributed by atoms with Crippen molar-refractivity contribution in [3.8, 4) is 0 Å². The Morgan fingerprint density at radius 2 is 1.95 bits per heavy atom. The maximum atomic E-state index is 12.4. The zero-order valence-electron chi connectivity index (χ0n) is 12.1. The Bertz CT molecular complexity index is 473. The SMILES string of the molecule is CC(C)(C)C1CCCCC1NC(=O)c1cc(Br)c(Br)s1. The summed E-state index contributed by atoms with van der Waals surface area (Å²) in [5.74, 6) is 0.620. The number of carbonyl (C=O) groups excluding carboxylic acids is 1. The molecule has 2 unspecified atom stereocenters. The summed E-state index contributed by atoms with van der Waals surface area (Å²) in [6.07, 6.45) is 4.81. The summed E-state index contributed by atoms with van der Waals surface area (Å²) >= 11 is 8.36. The van der Waals surface area contributed by atoms with E-state index in [1.807, 2.05) is 6.07 Å². The Kier molecular flexibility index (Phi) is 5.35. The molecule has 112 valence electrons. The topological polar surface area (TPSA) is 29.1 Å². The second-order valence-corrected chi connectivity index (χ2v) is 9.79. The molecule has 1 aromatic rings. The zero-order valence-corrected chi connectivity index (χ0v) is 16.1. The molecule has 0 radical (unpaired) electrons. The van der Waals surface area contributed by atoms with Crippen LogP contribution < -0.4 is 5.32 Å². The fraction of sp³-hybridized carbons (Fsp3) is 0.667.